The summed E-state index contributed by atoms with van der Waals surface area (Å²) in [6.07, 6.45) is 7.50. The predicted octanol–water partition coefficient (Wildman–Crippen LogP) is 1.39. The Morgan fingerprint density at radius 3 is 2.56 bits per heavy atom. The van der Waals surface area contributed by atoms with E-state index in [2.05, 4.69) is 4.98 Å². The molecule has 1 aliphatic carbocycles. The van der Waals surface area contributed by atoms with Gasteiger partial charge in [-0.25, -0.2) is 4.98 Å². The van der Waals surface area contributed by atoms with Gasteiger partial charge < -0.3 is 14.8 Å². The van der Waals surface area contributed by atoms with E-state index in [0.717, 1.165) is 25.7 Å². The zero-order valence-corrected chi connectivity index (χ0v) is 9.71. The highest BCUT2D eigenvalue weighted by molar-refractivity contribution is 4.99. The highest BCUT2D eigenvalue weighted by Crippen LogP contribution is 2.31. The molecule has 0 radical (unpaired) electrons. The van der Waals surface area contributed by atoms with Crippen molar-refractivity contribution in [2.24, 2.45) is 13.0 Å². The van der Waals surface area contributed by atoms with Crippen molar-refractivity contribution >= 4 is 0 Å². The van der Waals surface area contributed by atoms with Crippen LogP contribution in [-0.4, -0.2) is 25.9 Å². The summed E-state index contributed by atoms with van der Waals surface area (Å²) in [6, 6.07) is 0. The third-order valence-electron chi connectivity index (χ3n) is 3.58. The second kappa shape index (κ2) is 4.97. The molecule has 0 amide bonds. The van der Waals surface area contributed by atoms with Crippen molar-refractivity contribution in [1.29, 1.82) is 0 Å². The summed E-state index contributed by atoms with van der Waals surface area (Å²) >= 11 is 0. The van der Waals surface area contributed by atoms with Gasteiger partial charge in [0.05, 0.1) is 6.10 Å². The average Bonchev–Trinajstić information content (AvgIpc) is 2.75. The van der Waals surface area contributed by atoms with Crippen LogP contribution in [0.4, 0.5) is 0 Å². The predicted molar refractivity (Wildman–Crippen MR) is 60.7 cm³/mol. The number of aromatic nitrogens is 2. The molecule has 1 heterocycles. The first-order valence-electron chi connectivity index (χ1n) is 6.03. The largest absolute Gasteiger partial charge is 0.390 e. The first-order chi connectivity index (χ1) is 7.70. The second-order valence-corrected chi connectivity index (χ2v) is 4.73. The lowest BCUT2D eigenvalue weighted by molar-refractivity contribution is -0.0338. The molecule has 2 N–H and O–H groups in total. The van der Waals surface area contributed by atoms with Crippen LogP contribution in [0.1, 0.15) is 44.0 Å². The lowest BCUT2D eigenvalue weighted by Crippen LogP contribution is -2.30. The topological polar surface area (TPSA) is 58.3 Å². The van der Waals surface area contributed by atoms with Crippen LogP contribution in [0.5, 0.6) is 0 Å². The molecule has 1 aliphatic rings. The van der Waals surface area contributed by atoms with Crippen molar-refractivity contribution in [2.75, 3.05) is 0 Å². The van der Waals surface area contributed by atoms with Crippen molar-refractivity contribution in [1.82, 2.24) is 9.55 Å². The van der Waals surface area contributed by atoms with E-state index in [1.165, 1.54) is 6.42 Å². The number of aryl methyl sites for hydroxylation is 1. The summed E-state index contributed by atoms with van der Waals surface area (Å²) in [5, 5.41) is 20.2. The first kappa shape index (κ1) is 11.6. The quantitative estimate of drug-likeness (QED) is 0.815. The van der Waals surface area contributed by atoms with Crippen molar-refractivity contribution in [3.63, 3.8) is 0 Å². The Morgan fingerprint density at radius 1 is 1.31 bits per heavy atom. The van der Waals surface area contributed by atoms with Crippen molar-refractivity contribution in [3.8, 4) is 0 Å². The van der Waals surface area contributed by atoms with Crippen LogP contribution in [0.3, 0.4) is 0 Å². The molecule has 0 bridgehead atoms. The van der Waals surface area contributed by atoms with E-state index in [9.17, 15) is 10.2 Å². The maximum absolute atomic E-state index is 10.1. The number of hydrogen-bond acceptors (Lipinski definition) is 3. The third kappa shape index (κ3) is 2.28. The van der Waals surface area contributed by atoms with Gasteiger partial charge in [-0.05, 0) is 18.8 Å². The highest BCUT2D eigenvalue weighted by Gasteiger charge is 2.30. The monoisotopic (exact) mass is 224 g/mol. The molecule has 90 valence electrons. The molecule has 0 aromatic carbocycles. The Bertz CT molecular complexity index is 332. The van der Waals surface area contributed by atoms with Crippen LogP contribution < -0.4 is 0 Å². The minimum atomic E-state index is -0.858. The Labute approximate surface area is 95.9 Å². The Kier molecular flexibility index (Phi) is 3.61. The number of nitrogens with zero attached hydrogens (tertiary/aromatic N) is 2. The average molecular weight is 224 g/mol. The number of aliphatic hydroxyl groups excluding tert-OH is 2. The molecular weight excluding hydrogens is 204 g/mol. The van der Waals surface area contributed by atoms with Gasteiger partial charge >= 0.3 is 0 Å². The second-order valence-electron chi connectivity index (χ2n) is 4.73. The SMILES string of the molecule is Cn1ccnc1C(O)C(O)C1CCCCC1. The smallest absolute Gasteiger partial charge is 0.140 e. The standard InChI is InChI=1S/C12H20N2O2/c1-14-8-7-13-12(14)11(16)10(15)9-5-3-2-4-6-9/h7-11,15-16H,2-6H2,1H3. The van der Waals surface area contributed by atoms with Gasteiger partial charge in [-0.1, -0.05) is 19.3 Å². The number of hydrogen-bond donors (Lipinski definition) is 2. The van der Waals surface area contributed by atoms with Gasteiger partial charge in [0, 0.05) is 19.4 Å². The minimum Gasteiger partial charge on any atom is -0.390 e. The van der Waals surface area contributed by atoms with Crippen LogP contribution in [0, 0.1) is 5.92 Å². The summed E-state index contributed by atoms with van der Waals surface area (Å²) in [5.74, 6) is 0.776. The van der Waals surface area contributed by atoms with Crippen molar-refractivity contribution in [2.45, 2.75) is 44.3 Å². The van der Waals surface area contributed by atoms with Crippen molar-refractivity contribution in [3.05, 3.63) is 18.2 Å². The maximum Gasteiger partial charge on any atom is 0.140 e. The molecule has 2 atom stereocenters. The molecule has 0 aliphatic heterocycles. The van der Waals surface area contributed by atoms with Crippen LogP contribution in [-0.2, 0) is 7.05 Å². The Morgan fingerprint density at radius 2 is 2.00 bits per heavy atom. The lowest BCUT2D eigenvalue weighted by Gasteiger charge is -2.29. The number of imidazole rings is 1. The van der Waals surface area contributed by atoms with Crippen LogP contribution in [0.25, 0.3) is 0 Å². The third-order valence-corrected chi connectivity index (χ3v) is 3.58. The summed E-state index contributed by atoms with van der Waals surface area (Å²) in [7, 11) is 1.83. The fourth-order valence-electron chi connectivity index (χ4n) is 2.55. The molecule has 1 fully saturated rings. The van der Waals surface area contributed by atoms with Gasteiger partial charge in [0.1, 0.15) is 11.9 Å². The fourth-order valence-corrected chi connectivity index (χ4v) is 2.55. The summed E-state index contributed by atoms with van der Waals surface area (Å²) < 4.78 is 1.76. The minimum absolute atomic E-state index is 0.223. The van der Waals surface area contributed by atoms with Crippen molar-refractivity contribution < 1.29 is 10.2 Å². The molecule has 1 saturated carbocycles. The van der Waals surface area contributed by atoms with Gasteiger partial charge in [0.2, 0.25) is 0 Å². The normalized spacial score (nSPS) is 21.9. The van der Waals surface area contributed by atoms with E-state index in [-0.39, 0.29) is 5.92 Å². The zero-order chi connectivity index (χ0) is 11.5. The van der Waals surface area contributed by atoms with Gasteiger partial charge in [-0.3, -0.25) is 0 Å². The molecule has 0 saturated heterocycles. The summed E-state index contributed by atoms with van der Waals surface area (Å²) in [6.45, 7) is 0. The van der Waals surface area contributed by atoms with E-state index in [4.69, 9.17) is 0 Å². The molecular formula is C12H20N2O2. The maximum atomic E-state index is 10.1. The number of rotatable bonds is 3. The fraction of sp³-hybridized carbons (Fsp3) is 0.750. The van der Waals surface area contributed by atoms with E-state index in [0.29, 0.717) is 5.82 Å². The van der Waals surface area contributed by atoms with E-state index in [1.54, 1.807) is 17.0 Å². The highest BCUT2D eigenvalue weighted by atomic mass is 16.3. The first-order valence-corrected chi connectivity index (χ1v) is 6.03. The molecule has 2 rings (SSSR count). The summed E-state index contributed by atoms with van der Waals surface area (Å²) in [4.78, 5) is 4.08. The molecule has 1 aromatic heterocycles. The molecule has 4 nitrogen and oxygen atoms in total. The van der Waals surface area contributed by atoms with Crippen LogP contribution in [0.15, 0.2) is 12.4 Å². The molecule has 0 spiro atoms. The summed E-state index contributed by atoms with van der Waals surface area (Å²) in [5.41, 5.74) is 0. The van der Waals surface area contributed by atoms with Crippen LogP contribution in [0.2, 0.25) is 0 Å². The molecule has 4 heteroatoms. The number of aliphatic hydroxyl groups is 2. The van der Waals surface area contributed by atoms with Gasteiger partial charge in [0.25, 0.3) is 0 Å². The van der Waals surface area contributed by atoms with Crippen LogP contribution >= 0.6 is 0 Å². The molecule has 1 aromatic rings. The lowest BCUT2D eigenvalue weighted by atomic mass is 9.83. The Hall–Kier alpha value is -0.870. The van der Waals surface area contributed by atoms with Gasteiger partial charge in [0.15, 0.2) is 0 Å². The zero-order valence-electron chi connectivity index (χ0n) is 9.71. The van der Waals surface area contributed by atoms with Gasteiger partial charge in [-0.15, -0.1) is 0 Å². The van der Waals surface area contributed by atoms with E-state index < -0.39 is 12.2 Å². The van der Waals surface area contributed by atoms with Gasteiger partial charge in [-0.2, -0.15) is 0 Å². The molecule has 16 heavy (non-hydrogen) atoms. The molecule has 2 unspecified atom stereocenters. The Balaban J connectivity index is 2.03. The van der Waals surface area contributed by atoms with E-state index >= 15 is 0 Å². The van der Waals surface area contributed by atoms with E-state index in [1.807, 2.05) is 7.05 Å².